The molecule has 22 heavy (non-hydrogen) atoms. The lowest BCUT2D eigenvalue weighted by Crippen LogP contribution is -2.39. The van der Waals surface area contributed by atoms with Crippen molar-refractivity contribution in [3.8, 4) is 0 Å². The summed E-state index contributed by atoms with van der Waals surface area (Å²) in [5.74, 6) is 0. The van der Waals surface area contributed by atoms with Gasteiger partial charge < -0.3 is 15.0 Å². The van der Waals surface area contributed by atoms with Crippen molar-refractivity contribution in [2.45, 2.75) is 64.1 Å². The summed E-state index contributed by atoms with van der Waals surface area (Å²) in [5, 5.41) is 5.97. The van der Waals surface area contributed by atoms with E-state index < -0.39 is 5.60 Å². The molecule has 0 bridgehead atoms. The number of nitrogens with one attached hydrogen (secondary N) is 1. The van der Waals surface area contributed by atoms with Crippen molar-refractivity contribution in [3.05, 3.63) is 21.9 Å². The van der Waals surface area contributed by atoms with E-state index in [0.717, 1.165) is 19.5 Å². The monoisotopic (exact) mass is 322 g/mol. The number of hydrogen-bond acceptors (Lipinski definition) is 4. The SMILES string of the molecule is CC(C)(C)OC(=O)N1CCC(NC2CCCc3sccc32)C1. The Labute approximate surface area is 136 Å². The van der Waals surface area contributed by atoms with E-state index in [4.69, 9.17) is 4.74 Å². The van der Waals surface area contributed by atoms with Gasteiger partial charge in [-0.15, -0.1) is 11.3 Å². The van der Waals surface area contributed by atoms with Gasteiger partial charge in [0.1, 0.15) is 5.60 Å². The second kappa shape index (κ2) is 6.20. The van der Waals surface area contributed by atoms with Crippen LogP contribution >= 0.6 is 11.3 Å². The zero-order valence-electron chi connectivity index (χ0n) is 13.7. The number of carbonyl (C=O) groups is 1. The Balaban J connectivity index is 1.55. The van der Waals surface area contributed by atoms with E-state index in [0.29, 0.717) is 12.1 Å². The molecule has 2 atom stereocenters. The lowest BCUT2D eigenvalue weighted by Gasteiger charge is -2.28. The van der Waals surface area contributed by atoms with Gasteiger partial charge in [-0.2, -0.15) is 0 Å². The summed E-state index contributed by atoms with van der Waals surface area (Å²) in [5.41, 5.74) is 1.06. The van der Waals surface area contributed by atoms with Crippen LogP contribution in [0.3, 0.4) is 0 Å². The van der Waals surface area contributed by atoms with Gasteiger partial charge in [-0.05, 0) is 63.5 Å². The highest BCUT2D eigenvalue weighted by Gasteiger charge is 2.32. The molecule has 1 fully saturated rings. The van der Waals surface area contributed by atoms with Crippen LogP contribution in [-0.4, -0.2) is 35.7 Å². The number of hydrogen-bond donors (Lipinski definition) is 1. The predicted molar refractivity (Wildman–Crippen MR) is 89.3 cm³/mol. The zero-order valence-corrected chi connectivity index (χ0v) is 14.5. The molecule has 5 heteroatoms. The summed E-state index contributed by atoms with van der Waals surface area (Å²) < 4.78 is 5.46. The fraction of sp³-hybridized carbons (Fsp3) is 0.706. The molecular formula is C17H26N2O2S. The molecule has 0 spiro atoms. The normalized spacial score (nSPS) is 25.1. The smallest absolute Gasteiger partial charge is 0.410 e. The number of amides is 1. The quantitative estimate of drug-likeness (QED) is 0.902. The van der Waals surface area contributed by atoms with E-state index in [-0.39, 0.29) is 6.09 Å². The first-order valence-electron chi connectivity index (χ1n) is 8.22. The molecule has 0 saturated carbocycles. The van der Waals surface area contributed by atoms with Crippen LogP contribution in [0.2, 0.25) is 0 Å². The van der Waals surface area contributed by atoms with Crippen LogP contribution in [0.25, 0.3) is 0 Å². The molecule has 1 saturated heterocycles. The van der Waals surface area contributed by atoms with Gasteiger partial charge in [0.25, 0.3) is 0 Å². The van der Waals surface area contributed by atoms with Gasteiger partial charge in [0.2, 0.25) is 0 Å². The third kappa shape index (κ3) is 3.63. The van der Waals surface area contributed by atoms with Gasteiger partial charge in [0.15, 0.2) is 0 Å². The Morgan fingerprint density at radius 2 is 2.23 bits per heavy atom. The van der Waals surface area contributed by atoms with Crippen molar-refractivity contribution >= 4 is 17.4 Å². The minimum Gasteiger partial charge on any atom is -0.444 e. The van der Waals surface area contributed by atoms with Gasteiger partial charge in [-0.3, -0.25) is 0 Å². The van der Waals surface area contributed by atoms with E-state index in [1.807, 2.05) is 37.0 Å². The first kappa shape index (κ1) is 15.8. The van der Waals surface area contributed by atoms with Crippen molar-refractivity contribution < 1.29 is 9.53 Å². The summed E-state index contributed by atoms with van der Waals surface area (Å²) in [6.45, 7) is 7.28. The van der Waals surface area contributed by atoms with Gasteiger partial charge >= 0.3 is 6.09 Å². The van der Waals surface area contributed by atoms with Gasteiger partial charge in [0, 0.05) is 30.1 Å². The van der Waals surface area contributed by atoms with Crippen molar-refractivity contribution in [2.24, 2.45) is 0 Å². The summed E-state index contributed by atoms with van der Waals surface area (Å²) in [6, 6.07) is 3.10. The molecule has 3 rings (SSSR count). The summed E-state index contributed by atoms with van der Waals surface area (Å²) in [7, 11) is 0. The number of nitrogens with zero attached hydrogens (tertiary/aromatic N) is 1. The maximum absolute atomic E-state index is 12.1. The zero-order chi connectivity index (χ0) is 15.7. The Kier molecular flexibility index (Phi) is 4.46. The molecule has 1 amide bonds. The van der Waals surface area contributed by atoms with E-state index >= 15 is 0 Å². The Morgan fingerprint density at radius 1 is 1.41 bits per heavy atom. The van der Waals surface area contributed by atoms with Crippen molar-refractivity contribution in [3.63, 3.8) is 0 Å². The second-order valence-corrected chi connectivity index (χ2v) is 8.32. The van der Waals surface area contributed by atoms with Gasteiger partial charge in [-0.25, -0.2) is 4.79 Å². The molecule has 2 heterocycles. The molecule has 4 nitrogen and oxygen atoms in total. The molecule has 1 N–H and O–H groups in total. The fourth-order valence-electron chi connectivity index (χ4n) is 3.33. The van der Waals surface area contributed by atoms with E-state index in [1.54, 1.807) is 0 Å². The van der Waals surface area contributed by atoms with Crippen LogP contribution < -0.4 is 5.32 Å². The van der Waals surface area contributed by atoms with Crippen LogP contribution in [0.15, 0.2) is 11.4 Å². The topological polar surface area (TPSA) is 41.6 Å². The van der Waals surface area contributed by atoms with Crippen molar-refractivity contribution in [1.82, 2.24) is 10.2 Å². The summed E-state index contributed by atoms with van der Waals surface area (Å²) >= 11 is 1.87. The van der Waals surface area contributed by atoms with Gasteiger partial charge in [-0.1, -0.05) is 0 Å². The molecule has 0 aromatic carbocycles. The van der Waals surface area contributed by atoms with Crippen LogP contribution in [0.1, 0.15) is 56.5 Å². The Bertz CT molecular complexity index is 535. The maximum atomic E-state index is 12.1. The molecular weight excluding hydrogens is 296 g/mol. The van der Waals surface area contributed by atoms with Crippen LogP contribution in [0, 0.1) is 0 Å². The minimum absolute atomic E-state index is 0.184. The number of ether oxygens (including phenoxy) is 1. The first-order valence-corrected chi connectivity index (χ1v) is 9.10. The number of thiophene rings is 1. The second-order valence-electron chi connectivity index (χ2n) is 7.32. The number of fused-ring (bicyclic) bond motifs is 1. The summed E-state index contributed by atoms with van der Waals surface area (Å²) in [6.07, 6.45) is 4.51. The molecule has 0 radical (unpaired) electrons. The highest BCUT2D eigenvalue weighted by Crippen LogP contribution is 2.34. The minimum atomic E-state index is -0.419. The number of aryl methyl sites for hydroxylation is 1. The largest absolute Gasteiger partial charge is 0.444 e. The highest BCUT2D eigenvalue weighted by molar-refractivity contribution is 7.10. The number of likely N-dealkylation sites (tertiary alicyclic amines) is 1. The first-order chi connectivity index (χ1) is 10.4. The van der Waals surface area contributed by atoms with Crippen LogP contribution in [0.5, 0.6) is 0 Å². The molecule has 2 unspecified atom stereocenters. The lowest BCUT2D eigenvalue weighted by atomic mass is 9.93. The maximum Gasteiger partial charge on any atom is 0.410 e. The van der Waals surface area contributed by atoms with E-state index in [1.165, 1.54) is 29.7 Å². The Morgan fingerprint density at radius 3 is 3.00 bits per heavy atom. The highest BCUT2D eigenvalue weighted by atomic mass is 32.1. The third-order valence-electron chi connectivity index (χ3n) is 4.33. The number of carbonyl (C=O) groups excluding carboxylic acids is 1. The molecule has 1 aromatic rings. The molecule has 1 aliphatic carbocycles. The van der Waals surface area contributed by atoms with Crippen LogP contribution in [-0.2, 0) is 11.2 Å². The average molecular weight is 322 g/mol. The van der Waals surface area contributed by atoms with Gasteiger partial charge in [0.05, 0.1) is 0 Å². The fourth-order valence-corrected chi connectivity index (χ4v) is 4.32. The van der Waals surface area contributed by atoms with E-state index in [2.05, 4.69) is 16.8 Å². The summed E-state index contributed by atoms with van der Waals surface area (Å²) in [4.78, 5) is 15.5. The third-order valence-corrected chi connectivity index (χ3v) is 5.33. The molecule has 2 aliphatic rings. The molecule has 1 aromatic heterocycles. The lowest BCUT2D eigenvalue weighted by molar-refractivity contribution is 0.0290. The van der Waals surface area contributed by atoms with Crippen LogP contribution in [0.4, 0.5) is 4.79 Å². The number of rotatable bonds is 2. The average Bonchev–Trinajstić information content (AvgIpc) is 3.05. The molecule has 1 aliphatic heterocycles. The standard InChI is InChI=1S/C17H26N2O2S/c1-17(2,3)21-16(20)19-9-7-12(11-19)18-14-5-4-6-15-13(14)8-10-22-15/h8,10,12,14,18H,4-7,9,11H2,1-3H3. The van der Waals surface area contributed by atoms with E-state index in [9.17, 15) is 4.79 Å². The van der Waals surface area contributed by atoms with Crippen molar-refractivity contribution in [1.29, 1.82) is 0 Å². The molecule has 122 valence electrons. The Hall–Kier alpha value is -1.07. The van der Waals surface area contributed by atoms with Crippen molar-refractivity contribution in [2.75, 3.05) is 13.1 Å². The predicted octanol–water partition coefficient (Wildman–Crippen LogP) is 3.72.